The van der Waals surface area contributed by atoms with Gasteiger partial charge in [-0.15, -0.1) is 0 Å². The molecule has 0 saturated heterocycles. The number of carbonyl (C=O) groups excluding carboxylic acids is 1. The summed E-state index contributed by atoms with van der Waals surface area (Å²) in [6, 6.07) is 6.33. The minimum Gasteiger partial charge on any atom is -0.370 e. The summed E-state index contributed by atoms with van der Waals surface area (Å²) in [6.45, 7) is -0.0725. The number of carbonyl (C=O) groups is 1. The van der Waals surface area contributed by atoms with Crippen LogP contribution in [0.5, 0.6) is 0 Å². The fourth-order valence-electron chi connectivity index (χ4n) is 1.14. The van der Waals surface area contributed by atoms with Crippen molar-refractivity contribution in [2.45, 2.75) is 4.90 Å². The molecule has 0 aliphatic heterocycles. The first-order valence-corrected chi connectivity index (χ1v) is 7.31. The van der Waals surface area contributed by atoms with Crippen LogP contribution in [0, 0.1) is 0 Å². The molecule has 6 nitrogen and oxygen atoms in total. The van der Waals surface area contributed by atoms with Gasteiger partial charge in [0.25, 0.3) is 0 Å². The van der Waals surface area contributed by atoms with E-state index < -0.39 is 15.9 Å². The minimum absolute atomic E-state index is 0.0716. The third-order valence-electron chi connectivity index (χ3n) is 1.89. The number of primary amides is 1. The Morgan fingerprint density at radius 3 is 2.78 bits per heavy atom. The fourth-order valence-corrected chi connectivity index (χ4v) is 2.75. The van der Waals surface area contributed by atoms with E-state index in [9.17, 15) is 13.2 Å². The van der Waals surface area contributed by atoms with Gasteiger partial charge in [-0.05, 0) is 18.2 Å². The molecule has 0 unspecified atom stereocenters. The van der Waals surface area contributed by atoms with Crippen molar-refractivity contribution in [1.29, 1.82) is 0 Å². The van der Waals surface area contributed by atoms with Crippen LogP contribution in [0.1, 0.15) is 0 Å². The summed E-state index contributed by atoms with van der Waals surface area (Å²) in [5, 5.41) is 0. The van der Waals surface area contributed by atoms with E-state index in [1.165, 1.54) is 12.1 Å². The van der Waals surface area contributed by atoms with Crippen molar-refractivity contribution in [2.24, 2.45) is 5.73 Å². The summed E-state index contributed by atoms with van der Waals surface area (Å²) < 4.78 is 31.5. The van der Waals surface area contributed by atoms with Crippen LogP contribution in [0.3, 0.4) is 0 Å². The summed E-state index contributed by atoms with van der Waals surface area (Å²) in [4.78, 5) is 10.5. The number of hydrogen-bond acceptors (Lipinski definition) is 4. The van der Waals surface area contributed by atoms with Crippen LogP contribution in [0.25, 0.3) is 0 Å². The molecule has 0 heterocycles. The summed E-state index contributed by atoms with van der Waals surface area (Å²) in [7, 11) is -3.56. The van der Waals surface area contributed by atoms with E-state index in [-0.39, 0.29) is 24.7 Å². The topological polar surface area (TPSA) is 98.5 Å². The third kappa shape index (κ3) is 5.13. The van der Waals surface area contributed by atoms with Gasteiger partial charge in [0, 0.05) is 11.0 Å². The summed E-state index contributed by atoms with van der Waals surface area (Å²) >= 11 is 3.20. The molecule has 3 N–H and O–H groups in total. The van der Waals surface area contributed by atoms with E-state index in [4.69, 9.17) is 10.5 Å². The number of amides is 1. The number of nitrogens with one attached hydrogen (secondary N) is 1. The Kier molecular flexibility index (Phi) is 5.73. The molecular weight excluding hydrogens is 324 g/mol. The van der Waals surface area contributed by atoms with Crippen LogP contribution in [-0.4, -0.2) is 34.1 Å². The molecule has 0 spiro atoms. The van der Waals surface area contributed by atoms with E-state index in [2.05, 4.69) is 20.7 Å². The second-order valence-electron chi connectivity index (χ2n) is 3.37. The molecule has 0 aliphatic carbocycles. The number of hydrogen-bond donors (Lipinski definition) is 2. The monoisotopic (exact) mass is 336 g/mol. The zero-order valence-corrected chi connectivity index (χ0v) is 11.8. The van der Waals surface area contributed by atoms with Gasteiger partial charge in [-0.3, -0.25) is 4.79 Å². The lowest BCUT2D eigenvalue weighted by Gasteiger charge is -2.07. The molecule has 0 saturated carbocycles. The fraction of sp³-hybridized carbons (Fsp3) is 0.300. The molecule has 0 aromatic heterocycles. The molecule has 0 radical (unpaired) electrons. The van der Waals surface area contributed by atoms with Crippen molar-refractivity contribution in [3.05, 3.63) is 28.7 Å². The van der Waals surface area contributed by atoms with Gasteiger partial charge in [0.05, 0.1) is 11.5 Å². The van der Waals surface area contributed by atoms with E-state index in [0.29, 0.717) is 4.47 Å². The number of benzene rings is 1. The van der Waals surface area contributed by atoms with Crippen molar-refractivity contribution in [1.82, 2.24) is 4.72 Å². The Labute approximate surface area is 114 Å². The predicted molar refractivity (Wildman–Crippen MR) is 69.3 cm³/mol. The number of sulfonamides is 1. The first-order valence-electron chi connectivity index (χ1n) is 5.03. The van der Waals surface area contributed by atoms with Crippen molar-refractivity contribution >= 4 is 31.9 Å². The normalized spacial score (nSPS) is 11.4. The molecule has 8 heteroatoms. The smallest absolute Gasteiger partial charge is 0.243 e. The number of rotatable bonds is 7. The van der Waals surface area contributed by atoms with Crippen LogP contribution < -0.4 is 10.5 Å². The summed E-state index contributed by atoms with van der Waals surface area (Å²) in [6.07, 6.45) is 0. The van der Waals surface area contributed by atoms with Gasteiger partial charge >= 0.3 is 0 Å². The van der Waals surface area contributed by atoms with Crippen molar-refractivity contribution in [3.8, 4) is 0 Å². The largest absolute Gasteiger partial charge is 0.370 e. The van der Waals surface area contributed by atoms with E-state index in [1.807, 2.05) is 0 Å². The molecular formula is C10H13BrN2O4S. The lowest BCUT2D eigenvalue weighted by molar-refractivity contribution is -0.122. The Bertz CT molecular complexity index is 518. The molecule has 1 aromatic rings. The SMILES string of the molecule is NC(=O)COCCNS(=O)(=O)c1cccc(Br)c1. The highest BCUT2D eigenvalue weighted by atomic mass is 79.9. The molecule has 0 atom stereocenters. The Morgan fingerprint density at radius 1 is 1.44 bits per heavy atom. The standard InChI is InChI=1S/C10H13BrN2O4S/c11-8-2-1-3-9(6-8)18(15,16)13-4-5-17-7-10(12)14/h1-3,6,13H,4-5,7H2,(H2,12,14). The van der Waals surface area contributed by atoms with Gasteiger partial charge in [0.15, 0.2) is 0 Å². The number of halogens is 1. The molecule has 100 valence electrons. The Hall–Kier alpha value is -0.960. The molecule has 1 aromatic carbocycles. The quantitative estimate of drug-likeness (QED) is 0.696. The Balaban J connectivity index is 2.48. The van der Waals surface area contributed by atoms with Gasteiger partial charge in [-0.25, -0.2) is 13.1 Å². The van der Waals surface area contributed by atoms with Gasteiger partial charge in [0.1, 0.15) is 6.61 Å². The predicted octanol–water partition coefficient (Wildman–Crippen LogP) is 0.229. The highest BCUT2D eigenvalue weighted by Crippen LogP contribution is 2.15. The van der Waals surface area contributed by atoms with E-state index in [0.717, 1.165) is 0 Å². The lowest BCUT2D eigenvalue weighted by Crippen LogP contribution is -2.29. The number of nitrogens with two attached hydrogens (primary N) is 1. The minimum atomic E-state index is -3.56. The van der Waals surface area contributed by atoms with Crippen molar-refractivity contribution in [2.75, 3.05) is 19.8 Å². The van der Waals surface area contributed by atoms with Crippen LogP contribution in [0.15, 0.2) is 33.6 Å². The average molecular weight is 337 g/mol. The molecule has 1 amide bonds. The zero-order chi connectivity index (χ0) is 13.6. The van der Waals surface area contributed by atoms with Crippen molar-refractivity contribution < 1.29 is 17.9 Å². The highest BCUT2D eigenvalue weighted by Gasteiger charge is 2.13. The Morgan fingerprint density at radius 2 is 2.17 bits per heavy atom. The molecule has 0 bridgehead atoms. The van der Waals surface area contributed by atoms with Crippen LogP contribution in [0.2, 0.25) is 0 Å². The van der Waals surface area contributed by atoms with E-state index >= 15 is 0 Å². The van der Waals surface area contributed by atoms with Gasteiger partial charge < -0.3 is 10.5 Å². The highest BCUT2D eigenvalue weighted by molar-refractivity contribution is 9.10. The first kappa shape index (κ1) is 15.1. The van der Waals surface area contributed by atoms with Gasteiger partial charge in [-0.1, -0.05) is 22.0 Å². The number of ether oxygens (including phenoxy) is 1. The summed E-state index contributed by atoms with van der Waals surface area (Å²) in [5.74, 6) is -0.593. The molecule has 0 fully saturated rings. The maximum absolute atomic E-state index is 11.8. The molecule has 18 heavy (non-hydrogen) atoms. The average Bonchev–Trinajstić information content (AvgIpc) is 2.28. The lowest BCUT2D eigenvalue weighted by atomic mass is 10.4. The van der Waals surface area contributed by atoms with Crippen molar-refractivity contribution in [3.63, 3.8) is 0 Å². The van der Waals surface area contributed by atoms with Gasteiger partial charge in [-0.2, -0.15) is 0 Å². The molecule has 1 rings (SSSR count). The van der Waals surface area contributed by atoms with Crippen LogP contribution in [0.4, 0.5) is 0 Å². The second-order valence-corrected chi connectivity index (χ2v) is 6.06. The van der Waals surface area contributed by atoms with Gasteiger partial charge in [0.2, 0.25) is 15.9 Å². The van der Waals surface area contributed by atoms with Crippen LogP contribution >= 0.6 is 15.9 Å². The molecule has 0 aliphatic rings. The van der Waals surface area contributed by atoms with Crippen LogP contribution in [-0.2, 0) is 19.6 Å². The maximum atomic E-state index is 11.8. The second kappa shape index (κ2) is 6.83. The summed E-state index contributed by atoms with van der Waals surface area (Å²) in [5.41, 5.74) is 4.86. The van der Waals surface area contributed by atoms with E-state index in [1.54, 1.807) is 12.1 Å². The third-order valence-corrected chi connectivity index (χ3v) is 3.84. The maximum Gasteiger partial charge on any atom is 0.243 e. The zero-order valence-electron chi connectivity index (χ0n) is 9.43. The first-order chi connectivity index (χ1) is 8.42.